The number of nitrogens with zero attached hydrogens (tertiary/aromatic N) is 1. The van der Waals surface area contributed by atoms with Crippen LogP contribution in [0.15, 0.2) is 57.9 Å². The van der Waals surface area contributed by atoms with Crippen molar-refractivity contribution in [1.82, 2.24) is 0 Å². The molecule has 8 heteroatoms. The molecular formula is C20H21BrN2O4S. The molecule has 0 radical (unpaired) electrons. The summed E-state index contributed by atoms with van der Waals surface area (Å²) in [5.74, 6) is -0.629. The first-order chi connectivity index (χ1) is 13.6. The highest BCUT2D eigenvalue weighted by atomic mass is 79.9. The summed E-state index contributed by atoms with van der Waals surface area (Å²) in [4.78, 5) is 27.0. The highest BCUT2D eigenvalue weighted by Crippen LogP contribution is 2.21. The van der Waals surface area contributed by atoms with Crippen LogP contribution in [-0.2, 0) is 19.1 Å². The molecule has 1 N–H and O–H groups in total. The molecule has 1 heterocycles. The van der Waals surface area contributed by atoms with Crippen LogP contribution in [-0.4, -0.2) is 50.5 Å². The van der Waals surface area contributed by atoms with Crippen molar-refractivity contribution in [3.8, 4) is 0 Å². The number of amides is 1. The number of carbonyl (C=O) groups excluding carboxylic acids is 2. The molecule has 0 aliphatic carbocycles. The first kappa shape index (κ1) is 20.7. The van der Waals surface area contributed by atoms with E-state index in [1.165, 1.54) is 11.8 Å². The van der Waals surface area contributed by atoms with Crippen molar-refractivity contribution in [2.24, 2.45) is 0 Å². The van der Waals surface area contributed by atoms with E-state index in [0.717, 1.165) is 41.4 Å². The Labute approximate surface area is 176 Å². The third-order valence-electron chi connectivity index (χ3n) is 4.06. The van der Waals surface area contributed by atoms with Crippen LogP contribution in [0.4, 0.5) is 11.4 Å². The Morgan fingerprint density at radius 2 is 1.75 bits per heavy atom. The van der Waals surface area contributed by atoms with Crippen LogP contribution in [0.2, 0.25) is 0 Å². The van der Waals surface area contributed by atoms with E-state index in [1.54, 1.807) is 0 Å². The van der Waals surface area contributed by atoms with Gasteiger partial charge >= 0.3 is 5.97 Å². The van der Waals surface area contributed by atoms with Gasteiger partial charge in [-0.3, -0.25) is 9.59 Å². The molecule has 6 nitrogen and oxygen atoms in total. The van der Waals surface area contributed by atoms with Crippen LogP contribution in [0.25, 0.3) is 0 Å². The van der Waals surface area contributed by atoms with Gasteiger partial charge in [-0.2, -0.15) is 0 Å². The highest BCUT2D eigenvalue weighted by Gasteiger charge is 2.12. The van der Waals surface area contributed by atoms with E-state index in [-0.39, 0.29) is 18.3 Å². The Bertz CT molecular complexity index is 793. The molecule has 0 saturated carbocycles. The Morgan fingerprint density at radius 1 is 1.07 bits per heavy atom. The Hall–Kier alpha value is -2.03. The van der Waals surface area contributed by atoms with Gasteiger partial charge in [0, 0.05) is 33.8 Å². The molecule has 0 atom stereocenters. The summed E-state index contributed by atoms with van der Waals surface area (Å²) in [6, 6.07) is 15.2. The maximum atomic E-state index is 12.0. The monoisotopic (exact) mass is 464 g/mol. The predicted molar refractivity (Wildman–Crippen MR) is 114 cm³/mol. The summed E-state index contributed by atoms with van der Waals surface area (Å²) in [5, 5.41) is 2.74. The Morgan fingerprint density at radius 3 is 2.43 bits per heavy atom. The number of hydrogen-bond acceptors (Lipinski definition) is 6. The lowest BCUT2D eigenvalue weighted by Gasteiger charge is -2.28. The van der Waals surface area contributed by atoms with Gasteiger partial charge in [-0.1, -0.05) is 15.9 Å². The molecule has 0 spiro atoms. The summed E-state index contributed by atoms with van der Waals surface area (Å²) in [6.07, 6.45) is 0. The number of carbonyl (C=O) groups is 2. The van der Waals surface area contributed by atoms with Crippen molar-refractivity contribution in [2.45, 2.75) is 4.90 Å². The summed E-state index contributed by atoms with van der Waals surface area (Å²) >= 11 is 4.73. The number of nitrogens with one attached hydrogen (secondary N) is 1. The van der Waals surface area contributed by atoms with E-state index in [9.17, 15) is 9.59 Å². The third kappa shape index (κ3) is 6.54. The second kappa shape index (κ2) is 10.5. The molecule has 1 fully saturated rings. The summed E-state index contributed by atoms with van der Waals surface area (Å²) < 4.78 is 11.4. The Kier molecular flexibility index (Phi) is 7.76. The molecule has 1 aliphatic rings. The van der Waals surface area contributed by atoms with Gasteiger partial charge in [0.25, 0.3) is 5.91 Å². The summed E-state index contributed by atoms with van der Waals surface area (Å²) in [6.45, 7) is 2.87. The second-order valence-corrected chi connectivity index (χ2v) is 8.06. The topological polar surface area (TPSA) is 67.9 Å². The molecule has 1 aliphatic heterocycles. The first-order valence-corrected chi connectivity index (χ1v) is 10.6. The number of benzene rings is 2. The van der Waals surface area contributed by atoms with Crippen LogP contribution in [0, 0.1) is 0 Å². The van der Waals surface area contributed by atoms with Gasteiger partial charge in [-0.05, 0) is 48.5 Å². The van der Waals surface area contributed by atoms with Crippen LogP contribution < -0.4 is 10.2 Å². The lowest BCUT2D eigenvalue weighted by molar-refractivity contribution is -0.144. The summed E-state index contributed by atoms with van der Waals surface area (Å²) in [7, 11) is 0. The van der Waals surface area contributed by atoms with Crippen LogP contribution in [0.1, 0.15) is 0 Å². The smallest absolute Gasteiger partial charge is 0.316 e. The van der Waals surface area contributed by atoms with Gasteiger partial charge < -0.3 is 19.7 Å². The average molecular weight is 465 g/mol. The first-order valence-electron chi connectivity index (χ1n) is 8.87. The van der Waals surface area contributed by atoms with Crippen molar-refractivity contribution in [2.75, 3.05) is 48.9 Å². The number of esters is 1. The van der Waals surface area contributed by atoms with E-state index in [0.29, 0.717) is 5.69 Å². The van der Waals surface area contributed by atoms with Crippen molar-refractivity contribution < 1.29 is 19.1 Å². The molecule has 2 aromatic rings. The molecule has 3 rings (SSSR count). The molecular weight excluding hydrogens is 444 g/mol. The lowest BCUT2D eigenvalue weighted by Crippen LogP contribution is -2.36. The molecule has 2 aromatic carbocycles. The fraction of sp³-hybridized carbons (Fsp3) is 0.300. The zero-order chi connectivity index (χ0) is 19.8. The largest absolute Gasteiger partial charge is 0.455 e. The van der Waals surface area contributed by atoms with E-state index in [1.807, 2.05) is 48.5 Å². The van der Waals surface area contributed by atoms with Gasteiger partial charge in [-0.25, -0.2) is 0 Å². The van der Waals surface area contributed by atoms with Crippen molar-refractivity contribution in [1.29, 1.82) is 0 Å². The molecule has 1 amide bonds. The maximum absolute atomic E-state index is 12.0. The van der Waals surface area contributed by atoms with Crippen molar-refractivity contribution in [3.05, 3.63) is 53.0 Å². The van der Waals surface area contributed by atoms with Gasteiger partial charge in [0.05, 0.1) is 19.0 Å². The number of thioether (sulfide) groups is 1. The number of anilines is 2. The number of ether oxygens (including phenoxy) is 2. The highest BCUT2D eigenvalue weighted by molar-refractivity contribution is 9.10. The van der Waals surface area contributed by atoms with E-state index in [4.69, 9.17) is 9.47 Å². The molecule has 1 saturated heterocycles. The average Bonchev–Trinajstić information content (AvgIpc) is 2.73. The molecule has 148 valence electrons. The van der Waals surface area contributed by atoms with Gasteiger partial charge in [0.2, 0.25) is 0 Å². The van der Waals surface area contributed by atoms with Crippen LogP contribution >= 0.6 is 27.7 Å². The molecule has 28 heavy (non-hydrogen) atoms. The summed E-state index contributed by atoms with van der Waals surface area (Å²) in [5.41, 5.74) is 1.76. The van der Waals surface area contributed by atoms with E-state index in [2.05, 4.69) is 26.1 Å². The van der Waals surface area contributed by atoms with E-state index < -0.39 is 5.97 Å². The Balaban J connectivity index is 1.38. The molecule has 0 aromatic heterocycles. The minimum atomic E-state index is -0.425. The fourth-order valence-corrected chi connectivity index (χ4v) is 3.60. The third-order valence-corrected chi connectivity index (χ3v) is 5.58. The predicted octanol–water partition coefficient (Wildman–Crippen LogP) is 3.56. The number of rotatable bonds is 7. The quantitative estimate of drug-likeness (QED) is 0.498. The fourth-order valence-electron chi connectivity index (χ4n) is 2.63. The van der Waals surface area contributed by atoms with E-state index >= 15 is 0 Å². The zero-order valence-corrected chi connectivity index (χ0v) is 17.6. The minimum Gasteiger partial charge on any atom is -0.455 e. The van der Waals surface area contributed by atoms with Crippen LogP contribution in [0.3, 0.4) is 0 Å². The standard InChI is InChI=1S/C20H21BrN2O4S/c21-15-1-7-18(8-2-15)28-14-20(25)27-13-19(24)22-16-3-5-17(6-4-16)23-9-11-26-12-10-23/h1-8H,9-14H2,(H,22,24). The lowest BCUT2D eigenvalue weighted by atomic mass is 10.2. The van der Waals surface area contributed by atoms with Gasteiger partial charge in [-0.15, -0.1) is 11.8 Å². The van der Waals surface area contributed by atoms with Crippen molar-refractivity contribution >= 4 is 50.9 Å². The second-order valence-electron chi connectivity index (χ2n) is 6.10. The number of morpholine rings is 1. The zero-order valence-electron chi connectivity index (χ0n) is 15.2. The molecule has 0 bridgehead atoms. The SMILES string of the molecule is O=C(COC(=O)CSc1ccc(Br)cc1)Nc1ccc(N2CCOCC2)cc1. The van der Waals surface area contributed by atoms with Gasteiger partial charge in [0.1, 0.15) is 0 Å². The van der Waals surface area contributed by atoms with Gasteiger partial charge in [0.15, 0.2) is 6.61 Å². The normalized spacial score (nSPS) is 13.8. The minimum absolute atomic E-state index is 0.156. The van der Waals surface area contributed by atoms with Crippen LogP contribution in [0.5, 0.6) is 0 Å². The molecule has 0 unspecified atom stereocenters. The number of hydrogen-bond donors (Lipinski definition) is 1. The maximum Gasteiger partial charge on any atom is 0.316 e. The van der Waals surface area contributed by atoms with Crippen molar-refractivity contribution in [3.63, 3.8) is 0 Å². The number of halogens is 1.